The van der Waals surface area contributed by atoms with Crippen LogP contribution in [0.4, 0.5) is 17.1 Å². The number of fused-ring (bicyclic) bond motifs is 21. The van der Waals surface area contributed by atoms with Crippen LogP contribution in [0.1, 0.15) is 22.3 Å². The summed E-state index contributed by atoms with van der Waals surface area (Å²) in [6.07, 6.45) is 0. The third-order valence-electron chi connectivity index (χ3n) is 14.1. The highest BCUT2D eigenvalue weighted by Crippen LogP contribution is 2.63. The van der Waals surface area contributed by atoms with E-state index >= 15 is 0 Å². The summed E-state index contributed by atoms with van der Waals surface area (Å²) in [4.78, 5) is 2.44. The minimum absolute atomic E-state index is 0.478. The maximum Gasteiger partial charge on any atom is 0.159 e. The molecular formula is C61H37NO. The van der Waals surface area contributed by atoms with E-state index in [0.717, 1.165) is 39.0 Å². The highest BCUT2D eigenvalue weighted by Gasteiger charge is 2.51. The molecule has 0 amide bonds. The van der Waals surface area contributed by atoms with Gasteiger partial charge in [-0.2, -0.15) is 0 Å². The van der Waals surface area contributed by atoms with Crippen molar-refractivity contribution in [3.63, 3.8) is 0 Å². The monoisotopic (exact) mass is 799 g/mol. The third kappa shape index (κ3) is 4.62. The van der Waals surface area contributed by atoms with Crippen LogP contribution >= 0.6 is 0 Å². The summed E-state index contributed by atoms with van der Waals surface area (Å²) in [5, 5.41) is 2.21. The lowest BCUT2D eigenvalue weighted by Crippen LogP contribution is -2.26. The Bertz CT molecular complexity index is 3650. The molecule has 0 N–H and O–H groups in total. The molecule has 2 nitrogen and oxygen atoms in total. The molecule has 1 aromatic heterocycles. The van der Waals surface area contributed by atoms with E-state index in [9.17, 15) is 0 Å². The zero-order chi connectivity index (χ0) is 41.2. The Labute approximate surface area is 365 Å². The van der Waals surface area contributed by atoms with Gasteiger partial charge in [0.2, 0.25) is 0 Å². The van der Waals surface area contributed by atoms with Gasteiger partial charge in [0.05, 0.1) is 11.1 Å². The molecule has 3 aliphatic rings. The SMILES string of the molecule is c1ccc2c(c1)-c1ccccc1-c1ccc(N(c3ccc4c(c3)C3(c5ccccc5-c5ccccc53)c3ccccc3-4)c3cccc4c3oc3ccccc34)cc1-c1ccccc1-2. The molecule has 0 bridgehead atoms. The largest absolute Gasteiger partial charge is 0.454 e. The Kier molecular flexibility index (Phi) is 7.07. The topological polar surface area (TPSA) is 16.4 Å². The molecule has 14 rings (SSSR count). The third-order valence-corrected chi connectivity index (χ3v) is 14.1. The average molecular weight is 800 g/mol. The number of anilines is 3. The standard InChI is InChI=1S/C61H37NO/c1-2-17-41-40(16-1)42-18-3-4-20-44(42)46-34-32-38(36-53(46)45-21-6-5-19-43(41)45)62(58-30-15-26-52-51-25-10-14-31-59(51)63-60(52)58)39-33-35-50-49-24-9-13-29-56(49)61(57(50)37-39)54-27-11-7-22-47(54)48-23-8-12-28-55(48)61/h1-37H. The van der Waals surface area contributed by atoms with Gasteiger partial charge in [-0.1, -0.05) is 188 Å². The summed E-state index contributed by atoms with van der Waals surface area (Å²) in [6, 6.07) is 83.0. The number of benzene rings is 10. The second-order valence-electron chi connectivity index (χ2n) is 17.1. The molecule has 0 fully saturated rings. The highest BCUT2D eigenvalue weighted by atomic mass is 16.3. The predicted molar refractivity (Wildman–Crippen MR) is 260 cm³/mol. The van der Waals surface area contributed by atoms with Crippen molar-refractivity contribution >= 4 is 39.0 Å². The first kappa shape index (κ1) is 34.5. The van der Waals surface area contributed by atoms with Gasteiger partial charge in [-0.3, -0.25) is 0 Å². The van der Waals surface area contributed by atoms with Crippen molar-refractivity contribution < 1.29 is 4.42 Å². The Balaban J connectivity index is 1.07. The Hall–Kier alpha value is -8.20. The fraction of sp³-hybridized carbons (Fsp3) is 0.0164. The van der Waals surface area contributed by atoms with Crippen LogP contribution in [0.5, 0.6) is 0 Å². The highest BCUT2D eigenvalue weighted by molar-refractivity contribution is 6.11. The second kappa shape index (κ2) is 12.9. The number of para-hydroxylation sites is 2. The van der Waals surface area contributed by atoms with Crippen LogP contribution in [0.15, 0.2) is 229 Å². The Morgan fingerprint density at radius 3 is 1.24 bits per heavy atom. The van der Waals surface area contributed by atoms with Gasteiger partial charge in [0.25, 0.3) is 0 Å². The normalized spacial score (nSPS) is 13.2. The predicted octanol–water partition coefficient (Wildman–Crippen LogP) is 16.4. The van der Waals surface area contributed by atoms with Crippen LogP contribution < -0.4 is 4.90 Å². The smallest absolute Gasteiger partial charge is 0.159 e. The first-order chi connectivity index (χ1) is 31.3. The van der Waals surface area contributed by atoms with Crippen LogP contribution in [-0.4, -0.2) is 0 Å². The summed E-state index contributed by atoms with van der Waals surface area (Å²) in [5.41, 5.74) is 24.6. The van der Waals surface area contributed by atoms with Gasteiger partial charge in [-0.15, -0.1) is 0 Å². The molecule has 10 aromatic carbocycles. The maximum absolute atomic E-state index is 6.89. The summed E-state index contributed by atoms with van der Waals surface area (Å²) in [7, 11) is 0. The molecule has 0 saturated carbocycles. The van der Waals surface area contributed by atoms with Crippen LogP contribution in [0.3, 0.4) is 0 Å². The first-order valence-electron chi connectivity index (χ1n) is 21.8. The van der Waals surface area contributed by atoms with E-state index in [1.807, 2.05) is 0 Å². The summed E-state index contributed by atoms with van der Waals surface area (Å²) in [5.74, 6) is 0. The lowest BCUT2D eigenvalue weighted by Gasteiger charge is -2.32. The molecular weight excluding hydrogens is 763 g/mol. The van der Waals surface area contributed by atoms with Gasteiger partial charge in [0, 0.05) is 22.1 Å². The summed E-state index contributed by atoms with van der Waals surface area (Å²) in [6.45, 7) is 0. The molecule has 2 heteroatoms. The molecule has 1 heterocycles. The Morgan fingerprint density at radius 1 is 0.286 bits per heavy atom. The van der Waals surface area contributed by atoms with E-state index in [4.69, 9.17) is 4.42 Å². The molecule has 1 spiro atoms. The molecule has 11 aromatic rings. The van der Waals surface area contributed by atoms with E-state index in [1.54, 1.807) is 0 Å². The van der Waals surface area contributed by atoms with Gasteiger partial charge in [0.1, 0.15) is 5.58 Å². The number of hydrogen-bond acceptors (Lipinski definition) is 2. The summed E-state index contributed by atoms with van der Waals surface area (Å²) < 4.78 is 6.89. The molecule has 3 aliphatic carbocycles. The van der Waals surface area contributed by atoms with Gasteiger partial charge in [-0.05, 0) is 125 Å². The second-order valence-corrected chi connectivity index (χ2v) is 17.1. The minimum Gasteiger partial charge on any atom is -0.454 e. The maximum atomic E-state index is 6.89. The van der Waals surface area contributed by atoms with E-state index in [0.29, 0.717) is 0 Å². The number of rotatable bonds is 3. The van der Waals surface area contributed by atoms with Crippen molar-refractivity contribution in [2.75, 3.05) is 4.90 Å². The minimum atomic E-state index is -0.478. The quantitative estimate of drug-likeness (QED) is 0.177. The fourth-order valence-electron chi connectivity index (χ4n) is 11.5. The molecule has 0 atom stereocenters. The molecule has 0 aliphatic heterocycles. The van der Waals surface area contributed by atoms with Gasteiger partial charge >= 0.3 is 0 Å². The number of nitrogens with zero attached hydrogens (tertiary/aromatic N) is 1. The van der Waals surface area contributed by atoms with Crippen molar-refractivity contribution in [2.45, 2.75) is 5.41 Å². The lowest BCUT2D eigenvalue weighted by molar-refractivity contribution is 0.669. The number of hydrogen-bond donors (Lipinski definition) is 0. The van der Waals surface area contributed by atoms with E-state index in [-0.39, 0.29) is 0 Å². The van der Waals surface area contributed by atoms with Crippen molar-refractivity contribution in [1.29, 1.82) is 0 Å². The van der Waals surface area contributed by atoms with E-state index in [2.05, 4.69) is 229 Å². The fourth-order valence-corrected chi connectivity index (χ4v) is 11.5. The van der Waals surface area contributed by atoms with Crippen molar-refractivity contribution in [3.8, 4) is 66.8 Å². The average Bonchev–Trinajstić information content (AvgIpc) is 3.98. The van der Waals surface area contributed by atoms with Crippen LogP contribution in [0.25, 0.3) is 88.7 Å². The zero-order valence-electron chi connectivity index (χ0n) is 34.2. The summed E-state index contributed by atoms with van der Waals surface area (Å²) >= 11 is 0. The first-order valence-corrected chi connectivity index (χ1v) is 21.8. The van der Waals surface area contributed by atoms with Crippen LogP contribution in [-0.2, 0) is 5.41 Å². The van der Waals surface area contributed by atoms with E-state index < -0.39 is 5.41 Å². The molecule has 0 saturated heterocycles. The van der Waals surface area contributed by atoms with Crippen molar-refractivity contribution in [2.24, 2.45) is 0 Å². The van der Waals surface area contributed by atoms with Gasteiger partial charge < -0.3 is 9.32 Å². The molecule has 0 unspecified atom stereocenters. The molecule has 63 heavy (non-hydrogen) atoms. The van der Waals surface area contributed by atoms with Gasteiger partial charge in [-0.25, -0.2) is 0 Å². The molecule has 0 radical (unpaired) electrons. The zero-order valence-corrected chi connectivity index (χ0v) is 34.2. The van der Waals surface area contributed by atoms with Crippen molar-refractivity contribution in [1.82, 2.24) is 0 Å². The lowest BCUT2D eigenvalue weighted by atomic mass is 9.70. The Morgan fingerprint density at radius 2 is 0.683 bits per heavy atom. The van der Waals surface area contributed by atoms with Crippen molar-refractivity contribution in [3.05, 3.63) is 247 Å². The van der Waals surface area contributed by atoms with E-state index in [1.165, 1.54) is 89.0 Å². The molecule has 292 valence electrons. The van der Waals surface area contributed by atoms with Crippen LogP contribution in [0.2, 0.25) is 0 Å². The van der Waals surface area contributed by atoms with Crippen LogP contribution in [0, 0.1) is 0 Å². The van der Waals surface area contributed by atoms with Gasteiger partial charge in [0.15, 0.2) is 5.58 Å². The number of furan rings is 1.